The molecule has 0 unspecified atom stereocenters. The summed E-state index contributed by atoms with van der Waals surface area (Å²) < 4.78 is 38.0. The van der Waals surface area contributed by atoms with Gasteiger partial charge in [0, 0.05) is 30.1 Å². The zero-order valence-corrected chi connectivity index (χ0v) is 19.2. The molecule has 32 heavy (non-hydrogen) atoms. The monoisotopic (exact) mass is 472 g/mol. The van der Waals surface area contributed by atoms with Gasteiger partial charge in [-0.3, -0.25) is 4.79 Å². The Labute approximate surface area is 191 Å². The number of morpholine rings is 1. The topological polar surface area (TPSA) is 84.9 Å². The van der Waals surface area contributed by atoms with E-state index in [1.54, 1.807) is 37.4 Å². The van der Waals surface area contributed by atoms with Crippen molar-refractivity contribution in [3.63, 3.8) is 0 Å². The van der Waals surface area contributed by atoms with Crippen molar-refractivity contribution in [2.45, 2.75) is 10.8 Å². The summed E-state index contributed by atoms with van der Waals surface area (Å²) >= 11 is 1.21. The van der Waals surface area contributed by atoms with E-state index in [9.17, 15) is 13.2 Å². The fourth-order valence-corrected chi connectivity index (χ4v) is 6.27. The number of sulfonamides is 1. The van der Waals surface area contributed by atoms with Crippen LogP contribution in [-0.4, -0.2) is 52.0 Å². The summed E-state index contributed by atoms with van der Waals surface area (Å²) in [5.41, 5.74) is 2.24. The second-order valence-electron chi connectivity index (χ2n) is 7.25. The standard InChI is InChI=1S/C23H24N2O5S2/c1-29-20-7-2-4-17(14-20)16-24-23(26)19-6-3-5-18(15-19)21-8-9-22(31-21)32(27,28)25-10-12-30-13-11-25/h2-9,14-15H,10-13,16H2,1H3,(H,24,26). The number of amides is 1. The summed E-state index contributed by atoms with van der Waals surface area (Å²) in [6, 6.07) is 18.1. The van der Waals surface area contributed by atoms with Crippen LogP contribution in [0.25, 0.3) is 10.4 Å². The molecule has 0 atom stereocenters. The number of carbonyl (C=O) groups is 1. The van der Waals surface area contributed by atoms with Crippen LogP contribution in [0.15, 0.2) is 64.9 Å². The van der Waals surface area contributed by atoms with Crippen molar-refractivity contribution in [3.05, 3.63) is 71.8 Å². The van der Waals surface area contributed by atoms with Crippen LogP contribution in [0.3, 0.4) is 0 Å². The van der Waals surface area contributed by atoms with Gasteiger partial charge in [-0.15, -0.1) is 11.3 Å². The summed E-state index contributed by atoms with van der Waals surface area (Å²) in [5, 5.41) is 2.91. The van der Waals surface area contributed by atoms with Gasteiger partial charge in [-0.05, 0) is 47.5 Å². The first-order valence-corrected chi connectivity index (χ1v) is 12.4. The van der Waals surface area contributed by atoms with Gasteiger partial charge in [-0.25, -0.2) is 8.42 Å². The largest absolute Gasteiger partial charge is 0.497 e. The predicted octanol–water partition coefficient (Wildman–Crippen LogP) is 3.37. The lowest BCUT2D eigenvalue weighted by Crippen LogP contribution is -2.40. The van der Waals surface area contributed by atoms with Crippen LogP contribution in [0.5, 0.6) is 5.75 Å². The minimum Gasteiger partial charge on any atom is -0.497 e. The second kappa shape index (κ2) is 9.83. The highest BCUT2D eigenvalue weighted by Gasteiger charge is 2.27. The molecule has 3 aromatic rings. The van der Waals surface area contributed by atoms with Gasteiger partial charge in [0.05, 0.1) is 20.3 Å². The molecule has 0 spiro atoms. The second-order valence-corrected chi connectivity index (χ2v) is 10.5. The van der Waals surface area contributed by atoms with Crippen LogP contribution in [0.2, 0.25) is 0 Å². The predicted molar refractivity (Wildman–Crippen MR) is 123 cm³/mol. The van der Waals surface area contributed by atoms with E-state index in [0.29, 0.717) is 42.6 Å². The Bertz CT molecular complexity index is 1200. The van der Waals surface area contributed by atoms with Crippen molar-refractivity contribution < 1.29 is 22.7 Å². The Morgan fingerprint density at radius 2 is 1.88 bits per heavy atom. The maximum atomic E-state index is 12.9. The minimum atomic E-state index is -3.54. The van der Waals surface area contributed by atoms with Gasteiger partial charge >= 0.3 is 0 Å². The summed E-state index contributed by atoms with van der Waals surface area (Å²) in [4.78, 5) is 13.5. The van der Waals surface area contributed by atoms with Gasteiger partial charge in [0.25, 0.3) is 15.9 Å². The highest BCUT2D eigenvalue weighted by molar-refractivity contribution is 7.91. The average molecular weight is 473 g/mol. The Morgan fingerprint density at radius 3 is 2.66 bits per heavy atom. The van der Waals surface area contributed by atoms with Crippen LogP contribution in [0.1, 0.15) is 15.9 Å². The fourth-order valence-electron chi connectivity index (χ4n) is 3.41. The lowest BCUT2D eigenvalue weighted by atomic mass is 10.1. The molecule has 2 aromatic carbocycles. The molecule has 0 radical (unpaired) electrons. The molecule has 0 aliphatic carbocycles. The number of methoxy groups -OCH3 is 1. The molecule has 168 valence electrons. The summed E-state index contributed by atoms with van der Waals surface area (Å²) in [6.07, 6.45) is 0. The van der Waals surface area contributed by atoms with Gasteiger partial charge < -0.3 is 14.8 Å². The molecule has 7 nitrogen and oxygen atoms in total. The zero-order chi connectivity index (χ0) is 22.6. The summed E-state index contributed by atoms with van der Waals surface area (Å²) in [5.74, 6) is 0.534. The fraction of sp³-hybridized carbons (Fsp3) is 0.261. The van der Waals surface area contributed by atoms with E-state index in [2.05, 4.69) is 5.32 Å². The van der Waals surface area contributed by atoms with Gasteiger partial charge in [0.1, 0.15) is 9.96 Å². The lowest BCUT2D eigenvalue weighted by molar-refractivity contribution is 0.0731. The summed E-state index contributed by atoms with van der Waals surface area (Å²) in [6.45, 7) is 1.91. The first-order valence-electron chi connectivity index (χ1n) is 10.2. The van der Waals surface area contributed by atoms with Gasteiger partial charge in [0.2, 0.25) is 0 Å². The van der Waals surface area contributed by atoms with Crippen LogP contribution in [0, 0.1) is 0 Å². The smallest absolute Gasteiger partial charge is 0.252 e. The normalized spacial score (nSPS) is 14.8. The minimum absolute atomic E-state index is 0.201. The number of hydrogen-bond donors (Lipinski definition) is 1. The van der Waals surface area contributed by atoms with E-state index in [1.165, 1.54) is 15.6 Å². The molecule has 1 N–H and O–H groups in total. The van der Waals surface area contributed by atoms with Crippen LogP contribution >= 0.6 is 11.3 Å². The molecule has 2 heterocycles. The Balaban J connectivity index is 1.47. The Kier molecular flexibility index (Phi) is 6.90. The van der Waals surface area contributed by atoms with Gasteiger partial charge in [0.15, 0.2) is 0 Å². The Morgan fingerprint density at radius 1 is 1.09 bits per heavy atom. The first kappa shape index (κ1) is 22.5. The SMILES string of the molecule is COc1cccc(CNC(=O)c2cccc(-c3ccc(S(=O)(=O)N4CCOCC4)s3)c2)c1. The van der Waals surface area contributed by atoms with E-state index in [1.807, 2.05) is 30.3 Å². The molecule has 1 aromatic heterocycles. The van der Waals surface area contributed by atoms with E-state index in [4.69, 9.17) is 9.47 Å². The summed E-state index contributed by atoms with van der Waals surface area (Å²) in [7, 11) is -1.94. The third-order valence-electron chi connectivity index (χ3n) is 5.14. The maximum Gasteiger partial charge on any atom is 0.252 e. The molecular formula is C23H24N2O5S2. The number of rotatable bonds is 7. The number of hydrogen-bond acceptors (Lipinski definition) is 6. The molecule has 1 amide bonds. The van der Waals surface area contributed by atoms with Gasteiger partial charge in [-0.2, -0.15) is 4.31 Å². The van der Waals surface area contributed by atoms with Crippen molar-refractivity contribution in [1.82, 2.24) is 9.62 Å². The quantitative estimate of drug-likeness (QED) is 0.570. The molecule has 1 saturated heterocycles. The number of thiophene rings is 1. The van der Waals surface area contributed by atoms with Crippen molar-refractivity contribution in [3.8, 4) is 16.2 Å². The molecule has 0 saturated carbocycles. The number of nitrogens with one attached hydrogen (secondary N) is 1. The maximum absolute atomic E-state index is 12.9. The van der Waals surface area contributed by atoms with Crippen LogP contribution in [0.4, 0.5) is 0 Å². The highest BCUT2D eigenvalue weighted by Crippen LogP contribution is 2.33. The van der Waals surface area contributed by atoms with E-state index >= 15 is 0 Å². The number of nitrogens with zero attached hydrogens (tertiary/aromatic N) is 1. The molecule has 0 bridgehead atoms. The average Bonchev–Trinajstić information content (AvgIpc) is 3.35. The third-order valence-corrected chi connectivity index (χ3v) is 8.64. The van der Waals surface area contributed by atoms with Gasteiger partial charge in [-0.1, -0.05) is 24.3 Å². The molecule has 4 rings (SSSR count). The van der Waals surface area contributed by atoms with Crippen molar-refractivity contribution in [2.24, 2.45) is 0 Å². The van der Waals surface area contributed by atoms with E-state index < -0.39 is 10.0 Å². The lowest BCUT2D eigenvalue weighted by Gasteiger charge is -2.25. The molecule has 9 heteroatoms. The molecule has 1 aliphatic rings. The van der Waals surface area contributed by atoms with Crippen LogP contribution in [-0.2, 0) is 21.3 Å². The molecular weight excluding hydrogens is 448 g/mol. The highest BCUT2D eigenvalue weighted by atomic mass is 32.2. The molecule has 1 fully saturated rings. The van der Waals surface area contributed by atoms with E-state index in [-0.39, 0.29) is 5.91 Å². The van der Waals surface area contributed by atoms with Crippen LogP contribution < -0.4 is 10.1 Å². The number of benzene rings is 2. The first-order chi connectivity index (χ1) is 15.5. The molecule has 1 aliphatic heterocycles. The van der Waals surface area contributed by atoms with Crippen molar-refractivity contribution in [1.29, 1.82) is 0 Å². The number of carbonyl (C=O) groups excluding carboxylic acids is 1. The number of ether oxygens (including phenoxy) is 2. The zero-order valence-electron chi connectivity index (χ0n) is 17.6. The van der Waals surface area contributed by atoms with Crippen molar-refractivity contribution >= 4 is 27.3 Å². The Hall–Kier alpha value is -2.72. The van der Waals surface area contributed by atoms with Crippen molar-refractivity contribution in [2.75, 3.05) is 33.4 Å². The third kappa shape index (κ3) is 5.02. The van der Waals surface area contributed by atoms with E-state index in [0.717, 1.165) is 21.8 Å².